The predicted molar refractivity (Wildman–Crippen MR) is 109 cm³/mol. The van der Waals surface area contributed by atoms with Crippen molar-refractivity contribution >= 4 is 23.9 Å². The van der Waals surface area contributed by atoms with Crippen molar-refractivity contribution in [1.82, 2.24) is 0 Å². The highest BCUT2D eigenvalue weighted by molar-refractivity contribution is 5.79. The van der Waals surface area contributed by atoms with Gasteiger partial charge in [0, 0.05) is 12.8 Å². The molecule has 2 saturated heterocycles. The van der Waals surface area contributed by atoms with E-state index in [0.29, 0.717) is 38.5 Å². The third kappa shape index (κ3) is 5.88. The molecule has 2 heterocycles. The highest BCUT2D eigenvalue weighted by atomic mass is 19.4. The third-order valence-corrected chi connectivity index (χ3v) is 6.89. The lowest BCUT2D eigenvalue weighted by Gasteiger charge is -2.31. The summed E-state index contributed by atoms with van der Waals surface area (Å²) in [6.07, 6.45) is -3.82. The van der Waals surface area contributed by atoms with Crippen LogP contribution >= 0.6 is 0 Å². The van der Waals surface area contributed by atoms with Crippen molar-refractivity contribution in [2.75, 3.05) is 0 Å². The Morgan fingerprint density at radius 1 is 0.743 bits per heavy atom. The van der Waals surface area contributed by atoms with Gasteiger partial charge in [0.15, 0.2) is 5.41 Å². The molecule has 2 aliphatic heterocycles. The van der Waals surface area contributed by atoms with E-state index in [1.165, 1.54) is 0 Å². The maximum atomic E-state index is 13.3. The first-order valence-electron chi connectivity index (χ1n) is 11.6. The number of alkyl halides is 4. The lowest BCUT2D eigenvalue weighted by Crippen LogP contribution is -2.44. The Bertz CT molecular complexity index is 863. The van der Waals surface area contributed by atoms with E-state index >= 15 is 0 Å². The van der Waals surface area contributed by atoms with Crippen molar-refractivity contribution in [2.24, 2.45) is 17.3 Å². The van der Waals surface area contributed by atoms with Crippen molar-refractivity contribution in [3.8, 4) is 0 Å². The molecule has 198 valence electrons. The van der Waals surface area contributed by atoms with E-state index in [-0.39, 0.29) is 29.9 Å². The van der Waals surface area contributed by atoms with Gasteiger partial charge in [-0.2, -0.15) is 13.2 Å². The van der Waals surface area contributed by atoms with E-state index in [4.69, 9.17) is 18.9 Å². The summed E-state index contributed by atoms with van der Waals surface area (Å²) in [4.78, 5) is 45.6. The minimum atomic E-state index is -4.67. The smallest absolute Gasteiger partial charge is 0.404 e. The molecule has 0 spiro atoms. The highest BCUT2D eigenvalue weighted by Gasteiger charge is 2.56. The largest absolute Gasteiger partial charge is 0.458 e. The highest BCUT2D eigenvalue weighted by Crippen LogP contribution is 2.41. The summed E-state index contributed by atoms with van der Waals surface area (Å²) < 4.78 is 71.4. The summed E-state index contributed by atoms with van der Waals surface area (Å²) >= 11 is 0. The number of hydrogen-bond donors (Lipinski definition) is 0. The van der Waals surface area contributed by atoms with Crippen LogP contribution in [0.1, 0.15) is 66.2 Å². The zero-order valence-electron chi connectivity index (χ0n) is 20.0. The maximum Gasteiger partial charge on any atom is 0.404 e. The zero-order chi connectivity index (χ0) is 26.3. The van der Waals surface area contributed by atoms with Crippen LogP contribution in [0.15, 0.2) is 0 Å². The molecule has 0 aromatic carbocycles. The molecule has 0 amide bonds. The summed E-state index contributed by atoms with van der Waals surface area (Å²) in [5.74, 6) is -3.04. The molecule has 6 unspecified atom stereocenters. The van der Waals surface area contributed by atoms with E-state index in [9.17, 15) is 36.7 Å². The molecule has 2 aliphatic carbocycles. The molecule has 8 nitrogen and oxygen atoms in total. The van der Waals surface area contributed by atoms with Gasteiger partial charge in [-0.15, -0.1) is 0 Å². The van der Waals surface area contributed by atoms with Crippen LogP contribution in [0, 0.1) is 17.3 Å². The molecular formula is C23H30F4O8. The SMILES string of the molecule is CC(C)(C(=O)OC1CCC2CC1OC2=O)C(F)(F)F.CC(C)(F)C(=O)OC1CCC2CC1OC2=O. The lowest BCUT2D eigenvalue weighted by atomic mass is 9.87. The Balaban J connectivity index is 0.000000198. The van der Waals surface area contributed by atoms with Crippen molar-refractivity contribution in [3.63, 3.8) is 0 Å². The number of carbonyl (C=O) groups excluding carboxylic acids is 4. The monoisotopic (exact) mass is 510 g/mol. The predicted octanol–water partition coefficient (Wildman–Crippen LogP) is 3.58. The Kier molecular flexibility index (Phi) is 7.44. The molecule has 4 fully saturated rings. The van der Waals surface area contributed by atoms with Crippen LogP contribution in [0.2, 0.25) is 0 Å². The van der Waals surface area contributed by atoms with Crippen LogP contribution in [0.3, 0.4) is 0 Å². The van der Waals surface area contributed by atoms with Gasteiger partial charge in [-0.3, -0.25) is 14.4 Å². The number of fused-ring (bicyclic) bond motifs is 4. The molecule has 4 rings (SSSR count). The molecule has 0 aromatic rings. The normalized spacial score (nSPS) is 32.1. The minimum Gasteiger partial charge on any atom is -0.458 e. The fraction of sp³-hybridized carbons (Fsp3) is 0.826. The van der Waals surface area contributed by atoms with Gasteiger partial charge in [-0.25, -0.2) is 9.18 Å². The van der Waals surface area contributed by atoms with Crippen LogP contribution in [-0.2, 0) is 38.1 Å². The van der Waals surface area contributed by atoms with Crippen molar-refractivity contribution in [3.05, 3.63) is 0 Å². The maximum absolute atomic E-state index is 13.3. The van der Waals surface area contributed by atoms with Gasteiger partial charge >= 0.3 is 30.1 Å². The summed E-state index contributed by atoms with van der Waals surface area (Å²) in [5.41, 5.74) is -4.56. The molecule has 0 radical (unpaired) electrons. The van der Waals surface area contributed by atoms with Gasteiger partial charge in [-0.05, 0) is 53.4 Å². The molecule has 2 saturated carbocycles. The Labute approximate surface area is 200 Å². The third-order valence-electron chi connectivity index (χ3n) is 6.89. The summed E-state index contributed by atoms with van der Waals surface area (Å²) in [7, 11) is 0. The second-order valence-corrected chi connectivity index (χ2v) is 10.5. The summed E-state index contributed by atoms with van der Waals surface area (Å²) in [6.45, 7) is 3.87. The number of carbonyl (C=O) groups is 4. The Hall–Kier alpha value is -2.40. The topological polar surface area (TPSA) is 105 Å². The fourth-order valence-electron chi connectivity index (χ4n) is 4.32. The molecule has 35 heavy (non-hydrogen) atoms. The summed E-state index contributed by atoms with van der Waals surface area (Å²) in [6, 6.07) is 0. The van der Waals surface area contributed by atoms with Crippen molar-refractivity contribution in [1.29, 1.82) is 0 Å². The van der Waals surface area contributed by atoms with E-state index in [1.54, 1.807) is 0 Å². The average Bonchev–Trinajstić information content (AvgIpc) is 3.21. The van der Waals surface area contributed by atoms with Crippen LogP contribution < -0.4 is 0 Å². The van der Waals surface area contributed by atoms with Gasteiger partial charge in [-0.1, -0.05) is 0 Å². The van der Waals surface area contributed by atoms with Crippen LogP contribution in [0.4, 0.5) is 17.6 Å². The number of esters is 4. The van der Waals surface area contributed by atoms with E-state index < -0.39 is 47.5 Å². The molecule has 12 heteroatoms. The first kappa shape index (κ1) is 27.2. The molecule has 4 bridgehead atoms. The average molecular weight is 510 g/mol. The van der Waals surface area contributed by atoms with Crippen LogP contribution in [-0.4, -0.2) is 60.1 Å². The molecule has 4 aliphatic rings. The van der Waals surface area contributed by atoms with Crippen molar-refractivity contribution in [2.45, 2.75) is 102 Å². The lowest BCUT2D eigenvalue weighted by molar-refractivity contribution is -0.230. The van der Waals surface area contributed by atoms with E-state index in [2.05, 4.69) is 0 Å². The van der Waals surface area contributed by atoms with Crippen LogP contribution in [0.25, 0.3) is 0 Å². The van der Waals surface area contributed by atoms with E-state index in [0.717, 1.165) is 27.7 Å². The zero-order valence-corrected chi connectivity index (χ0v) is 20.0. The molecule has 0 aromatic heterocycles. The molecule has 6 atom stereocenters. The second-order valence-electron chi connectivity index (χ2n) is 10.5. The Morgan fingerprint density at radius 3 is 1.51 bits per heavy atom. The van der Waals surface area contributed by atoms with Gasteiger partial charge in [0.05, 0.1) is 11.8 Å². The van der Waals surface area contributed by atoms with Gasteiger partial charge < -0.3 is 18.9 Å². The second kappa shape index (κ2) is 9.57. The number of halogens is 4. The fourth-order valence-corrected chi connectivity index (χ4v) is 4.32. The Morgan fingerprint density at radius 2 is 1.14 bits per heavy atom. The number of rotatable bonds is 4. The molecule has 0 N–H and O–H groups in total. The first-order chi connectivity index (χ1) is 16.0. The van der Waals surface area contributed by atoms with Crippen LogP contribution in [0.5, 0.6) is 0 Å². The standard InChI is InChI=1S/C12H15F3O4.C11H15FO4/c1-11(2,12(13,14)15)10(17)19-7-4-3-6-5-8(7)18-9(6)16;1-11(2,12)10(14)16-7-4-3-6-5-8(7)15-9(6)13/h6-8H,3-5H2,1-2H3;6-8H,3-5H2,1-2H3. The minimum absolute atomic E-state index is 0.0571. The van der Waals surface area contributed by atoms with Gasteiger partial charge in [0.1, 0.15) is 24.4 Å². The number of hydrogen-bond acceptors (Lipinski definition) is 8. The molecular weight excluding hydrogens is 480 g/mol. The quantitative estimate of drug-likeness (QED) is 0.321. The first-order valence-corrected chi connectivity index (χ1v) is 11.6. The van der Waals surface area contributed by atoms with Gasteiger partial charge in [0.25, 0.3) is 0 Å². The number of ether oxygens (including phenoxy) is 4. The van der Waals surface area contributed by atoms with Gasteiger partial charge in [0.2, 0.25) is 5.67 Å². The van der Waals surface area contributed by atoms with Crippen molar-refractivity contribution < 1.29 is 55.7 Å². The van der Waals surface area contributed by atoms with E-state index in [1.807, 2.05) is 0 Å². The summed E-state index contributed by atoms with van der Waals surface area (Å²) in [5, 5.41) is 0.